The highest BCUT2D eigenvalue weighted by Gasteiger charge is 2.64. The summed E-state index contributed by atoms with van der Waals surface area (Å²) in [5.41, 5.74) is 0.779. The Morgan fingerprint density at radius 1 is 0.800 bits per heavy atom. The molecule has 1 rings (SSSR count). The first-order valence-corrected chi connectivity index (χ1v) is 20.3. The number of rotatable bonds is 30. The quantitative estimate of drug-likeness (QED) is 0.0496. The molecule has 0 aromatic heterocycles. The van der Waals surface area contributed by atoms with Crippen molar-refractivity contribution >= 4 is 25.8 Å². The van der Waals surface area contributed by atoms with Crippen LogP contribution < -0.4 is 0 Å². The molecule has 260 valence electrons. The number of hydrogen-bond donors (Lipinski definition) is 1. The first-order chi connectivity index (χ1) is 21.8. The van der Waals surface area contributed by atoms with E-state index in [1.54, 1.807) is 6.92 Å². The fourth-order valence-corrected chi connectivity index (χ4v) is 7.86. The van der Waals surface area contributed by atoms with Gasteiger partial charge in [-0.3, -0.25) is 0 Å². The molecule has 8 heteroatoms. The summed E-state index contributed by atoms with van der Waals surface area (Å²) in [6.45, 7) is 10.1. The number of aliphatic hydroxyl groups is 1. The highest BCUT2D eigenvalue weighted by Crippen LogP contribution is 2.44. The molecule has 0 amide bonds. The molecule has 0 saturated heterocycles. The molecule has 0 aliphatic carbocycles. The van der Waals surface area contributed by atoms with Crippen molar-refractivity contribution in [3.63, 3.8) is 0 Å². The van der Waals surface area contributed by atoms with Crippen molar-refractivity contribution in [2.75, 3.05) is 12.4 Å². The number of esters is 1. The van der Waals surface area contributed by atoms with Gasteiger partial charge in [0.25, 0.3) is 0 Å². The predicted octanol–water partition coefficient (Wildman–Crippen LogP) is 11.2. The molecule has 0 spiro atoms. The minimum Gasteiger partial charge on any atom is -0.455 e. The molecule has 6 nitrogen and oxygen atoms in total. The number of carbonyl (C=O) groups is 1. The van der Waals surface area contributed by atoms with Gasteiger partial charge in [0.05, 0.1) is 6.10 Å². The van der Waals surface area contributed by atoms with Crippen LogP contribution in [-0.2, 0) is 30.0 Å². The van der Waals surface area contributed by atoms with Crippen LogP contribution in [0.25, 0.3) is 0 Å². The molecular formula is C37H66O6PS+. The van der Waals surface area contributed by atoms with Crippen molar-refractivity contribution in [3.8, 4) is 0 Å². The zero-order valence-corrected chi connectivity index (χ0v) is 31.0. The van der Waals surface area contributed by atoms with Crippen LogP contribution in [0.3, 0.4) is 0 Å². The highest BCUT2D eigenvalue weighted by atomic mass is 32.2. The molecule has 0 radical (unpaired) electrons. The summed E-state index contributed by atoms with van der Waals surface area (Å²) in [5.74, 6) is 0.0868. The van der Waals surface area contributed by atoms with E-state index in [9.17, 15) is 14.5 Å². The third kappa shape index (κ3) is 18.2. The second-order valence-corrected chi connectivity index (χ2v) is 15.3. The number of benzene rings is 1. The summed E-state index contributed by atoms with van der Waals surface area (Å²) in [7, 11) is -2.79. The second-order valence-electron chi connectivity index (χ2n) is 12.5. The van der Waals surface area contributed by atoms with Crippen LogP contribution in [0.1, 0.15) is 156 Å². The molecule has 0 saturated carbocycles. The van der Waals surface area contributed by atoms with Crippen LogP contribution in [0.2, 0.25) is 0 Å². The van der Waals surface area contributed by atoms with Crippen LogP contribution >= 0.6 is 19.8 Å². The fourth-order valence-electron chi connectivity index (χ4n) is 5.40. The van der Waals surface area contributed by atoms with Crippen LogP contribution in [0.4, 0.5) is 0 Å². The Kier molecular flexibility index (Phi) is 25.2. The Balaban J connectivity index is 2.73. The van der Waals surface area contributed by atoms with E-state index in [0.29, 0.717) is 6.42 Å². The molecule has 1 N–H and O–H groups in total. The Bertz CT molecular complexity index is 872. The van der Waals surface area contributed by atoms with Gasteiger partial charge in [0, 0.05) is 5.25 Å². The van der Waals surface area contributed by atoms with E-state index in [1.807, 2.05) is 55.9 Å². The van der Waals surface area contributed by atoms with E-state index in [2.05, 4.69) is 13.8 Å². The fraction of sp³-hybridized carbons (Fsp3) is 0.811. The van der Waals surface area contributed by atoms with Gasteiger partial charge >= 0.3 is 19.3 Å². The molecule has 1 aromatic rings. The van der Waals surface area contributed by atoms with Gasteiger partial charge in [0.2, 0.25) is 0 Å². The predicted molar refractivity (Wildman–Crippen MR) is 191 cm³/mol. The zero-order valence-electron chi connectivity index (χ0n) is 29.3. The Morgan fingerprint density at radius 3 is 1.89 bits per heavy atom. The molecule has 5 atom stereocenters. The first kappa shape index (κ1) is 42.0. The van der Waals surface area contributed by atoms with Gasteiger partial charge in [-0.05, 0) is 49.0 Å². The van der Waals surface area contributed by atoms with Crippen molar-refractivity contribution in [1.82, 2.24) is 0 Å². The normalized spacial score (nSPS) is 15.3. The van der Waals surface area contributed by atoms with E-state index in [4.69, 9.17) is 14.0 Å². The van der Waals surface area contributed by atoms with Gasteiger partial charge in [-0.2, -0.15) is 11.8 Å². The van der Waals surface area contributed by atoms with Crippen molar-refractivity contribution in [1.29, 1.82) is 0 Å². The number of thioether (sulfide) groups is 1. The van der Waals surface area contributed by atoms with Crippen molar-refractivity contribution in [3.05, 3.63) is 35.9 Å². The number of unbranched alkanes of at least 4 members (excludes halogenated alkanes) is 14. The molecule has 5 unspecified atom stereocenters. The van der Waals surface area contributed by atoms with E-state index in [0.717, 1.165) is 24.2 Å². The van der Waals surface area contributed by atoms with Crippen LogP contribution in [-0.4, -0.2) is 46.2 Å². The summed E-state index contributed by atoms with van der Waals surface area (Å²) in [6.07, 6.45) is 20.9. The summed E-state index contributed by atoms with van der Waals surface area (Å²) >= 11 is 1.94. The van der Waals surface area contributed by atoms with Crippen LogP contribution in [0.15, 0.2) is 30.3 Å². The lowest BCUT2D eigenvalue weighted by molar-refractivity contribution is -0.172. The maximum absolute atomic E-state index is 13.3. The highest BCUT2D eigenvalue weighted by molar-refractivity contribution is 7.99. The van der Waals surface area contributed by atoms with E-state index in [-0.39, 0.29) is 24.6 Å². The van der Waals surface area contributed by atoms with Gasteiger partial charge in [-0.25, -0.2) is 4.79 Å². The maximum Gasteiger partial charge on any atom is 0.559 e. The lowest BCUT2D eigenvalue weighted by Gasteiger charge is -2.29. The van der Waals surface area contributed by atoms with Gasteiger partial charge in [-0.15, -0.1) is 4.52 Å². The lowest BCUT2D eigenvalue weighted by Crippen LogP contribution is -2.49. The minimum absolute atomic E-state index is 0.0313. The van der Waals surface area contributed by atoms with Crippen molar-refractivity contribution in [2.45, 2.75) is 180 Å². The van der Waals surface area contributed by atoms with Gasteiger partial charge < -0.3 is 14.6 Å². The largest absolute Gasteiger partial charge is 0.559 e. The van der Waals surface area contributed by atoms with Gasteiger partial charge in [0.1, 0.15) is 19.3 Å². The molecule has 0 bridgehead atoms. The lowest BCUT2D eigenvalue weighted by atomic mass is 10.1. The summed E-state index contributed by atoms with van der Waals surface area (Å²) in [5, 5.41) is 9.41. The standard InChI is InChI=1S/C37H66O6PS/c1-6-9-11-13-14-15-16-17-18-20-25-30-45-35(28-24-19-12-10-7-2)32(4)43-33(5)37(39,44(40)42-29-8-3)36(38)41-31-34-26-22-21-23-27-34/h21-23,26-27,32-33,35,39H,6-20,24-25,28-31H2,1-5H3/q+1. The summed E-state index contributed by atoms with van der Waals surface area (Å²) in [6, 6.07) is 9.25. The molecule has 0 aliphatic rings. The molecule has 0 fully saturated rings. The third-order valence-corrected chi connectivity index (χ3v) is 11.5. The van der Waals surface area contributed by atoms with Crippen molar-refractivity contribution < 1.29 is 28.5 Å². The average molecular weight is 670 g/mol. The molecule has 0 aliphatic heterocycles. The molecular weight excluding hydrogens is 603 g/mol. The zero-order chi connectivity index (χ0) is 33.2. The van der Waals surface area contributed by atoms with E-state index < -0.39 is 25.4 Å². The molecule has 45 heavy (non-hydrogen) atoms. The Hall–Kier alpha value is -0.980. The first-order valence-electron chi connectivity index (χ1n) is 18.1. The topological polar surface area (TPSA) is 82.1 Å². The smallest absolute Gasteiger partial charge is 0.455 e. The number of carbonyl (C=O) groups excluding carboxylic acids is 1. The van der Waals surface area contributed by atoms with E-state index in [1.165, 1.54) is 96.3 Å². The average Bonchev–Trinajstić information content (AvgIpc) is 3.05. The second kappa shape index (κ2) is 27.0. The Morgan fingerprint density at radius 2 is 1.33 bits per heavy atom. The van der Waals surface area contributed by atoms with Crippen LogP contribution in [0.5, 0.6) is 0 Å². The minimum atomic E-state index is -2.79. The maximum atomic E-state index is 13.3. The van der Waals surface area contributed by atoms with Crippen LogP contribution in [0, 0.1) is 0 Å². The number of hydrogen-bond acceptors (Lipinski definition) is 7. The SMILES string of the molecule is CCCCCCCCCCCCCSC(CCCCCCC)C(C)OC(C)C(O)(C(=O)OCc1ccccc1)[P+](=O)OCCC. The van der Waals surface area contributed by atoms with Gasteiger partial charge in [-0.1, -0.05) is 147 Å². The van der Waals surface area contributed by atoms with Crippen molar-refractivity contribution in [2.24, 2.45) is 0 Å². The summed E-state index contributed by atoms with van der Waals surface area (Å²) < 4.78 is 30.5. The monoisotopic (exact) mass is 669 g/mol. The number of ether oxygens (including phenoxy) is 2. The molecule has 1 aromatic carbocycles. The van der Waals surface area contributed by atoms with E-state index >= 15 is 0 Å². The van der Waals surface area contributed by atoms with Gasteiger partial charge in [0.15, 0.2) is 0 Å². The molecule has 0 heterocycles. The third-order valence-electron chi connectivity index (χ3n) is 8.39. The summed E-state index contributed by atoms with van der Waals surface area (Å²) in [4.78, 5) is 13.3. The Labute approximate surface area is 281 Å².